The third-order valence-corrected chi connectivity index (χ3v) is 6.93. The number of nitrogens with two attached hydrogens (primary N) is 1. The summed E-state index contributed by atoms with van der Waals surface area (Å²) in [5, 5.41) is 10.4. The van der Waals surface area contributed by atoms with Crippen LogP contribution in [0.4, 0.5) is 10.5 Å². The maximum atomic E-state index is 14.3. The Morgan fingerprint density at radius 2 is 1.68 bits per heavy atom. The molecule has 0 aromatic heterocycles. The highest BCUT2D eigenvalue weighted by atomic mass is 16.6. The molecule has 10 heteroatoms. The molecule has 3 N–H and O–H groups in total. The van der Waals surface area contributed by atoms with Crippen LogP contribution in [0.2, 0.25) is 0 Å². The van der Waals surface area contributed by atoms with Crippen LogP contribution in [0.3, 0.4) is 0 Å². The van der Waals surface area contributed by atoms with E-state index in [1.165, 1.54) is 11.8 Å². The third-order valence-electron chi connectivity index (χ3n) is 6.93. The van der Waals surface area contributed by atoms with Gasteiger partial charge >= 0.3 is 6.09 Å². The second kappa shape index (κ2) is 10.1. The molecule has 2 aliphatic heterocycles. The largest absolute Gasteiger partial charge is 0.444 e. The Kier molecular flexibility index (Phi) is 7.20. The van der Waals surface area contributed by atoms with Gasteiger partial charge in [0.25, 0.3) is 5.91 Å². The molecule has 0 spiro atoms. The van der Waals surface area contributed by atoms with Crippen molar-refractivity contribution in [3.05, 3.63) is 54.1 Å². The Balaban J connectivity index is 1.84. The molecular formula is C28H34N4O6. The molecule has 2 aromatic rings. The molecule has 0 aliphatic carbocycles. The first kappa shape index (κ1) is 27.1. The summed E-state index contributed by atoms with van der Waals surface area (Å²) in [4.78, 5) is 57.6. The van der Waals surface area contributed by atoms with Gasteiger partial charge in [0.05, 0.1) is 18.3 Å². The fourth-order valence-corrected chi connectivity index (χ4v) is 5.10. The second-order valence-corrected chi connectivity index (χ2v) is 10.8. The molecule has 10 nitrogen and oxygen atoms in total. The molecule has 202 valence electrons. The molecule has 4 atom stereocenters. The molecule has 0 radical (unpaired) electrons. The first-order valence-corrected chi connectivity index (χ1v) is 12.6. The normalized spacial score (nSPS) is 21.7. The van der Waals surface area contributed by atoms with E-state index >= 15 is 0 Å². The molecule has 1 fully saturated rings. The van der Waals surface area contributed by atoms with Crippen LogP contribution in [0.5, 0.6) is 0 Å². The number of likely N-dealkylation sites (N-methyl/N-ethyl adjacent to an activating group) is 1. The lowest BCUT2D eigenvalue weighted by Crippen LogP contribution is -2.57. The fraction of sp³-hybridized carbons (Fsp3) is 0.429. The van der Waals surface area contributed by atoms with Gasteiger partial charge in [-0.25, -0.2) is 4.79 Å². The Hall–Kier alpha value is -3.92. The van der Waals surface area contributed by atoms with Crippen molar-refractivity contribution in [3.8, 4) is 11.1 Å². The average molecular weight is 523 g/mol. The number of ether oxygens (including phenoxy) is 1. The number of rotatable bonds is 4. The van der Waals surface area contributed by atoms with E-state index in [1.807, 2.05) is 36.4 Å². The minimum absolute atomic E-state index is 0.0708. The van der Waals surface area contributed by atoms with Crippen molar-refractivity contribution in [1.29, 1.82) is 0 Å². The van der Waals surface area contributed by atoms with Gasteiger partial charge in [0.2, 0.25) is 11.8 Å². The fourth-order valence-electron chi connectivity index (χ4n) is 5.10. The third kappa shape index (κ3) is 4.96. The summed E-state index contributed by atoms with van der Waals surface area (Å²) in [6, 6.07) is 11.0. The zero-order chi connectivity index (χ0) is 27.9. The van der Waals surface area contributed by atoms with Gasteiger partial charge in [-0.15, -0.1) is 0 Å². The van der Waals surface area contributed by atoms with Crippen molar-refractivity contribution in [3.63, 3.8) is 0 Å². The molecule has 2 aliphatic rings. The number of aliphatic hydroxyl groups is 1. The Labute approximate surface area is 221 Å². The van der Waals surface area contributed by atoms with Crippen molar-refractivity contribution in [2.45, 2.75) is 63.9 Å². The van der Waals surface area contributed by atoms with E-state index in [2.05, 4.69) is 0 Å². The number of hydrogen-bond acceptors (Lipinski definition) is 6. The van der Waals surface area contributed by atoms with Gasteiger partial charge in [-0.05, 0) is 44.9 Å². The molecular weight excluding hydrogens is 488 g/mol. The lowest BCUT2D eigenvalue weighted by molar-refractivity contribution is -0.149. The van der Waals surface area contributed by atoms with Crippen molar-refractivity contribution in [1.82, 2.24) is 9.80 Å². The van der Waals surface area contributed by atoms with Crippen LogP contribution < -0.4 is 10.6 Å². The lowest BCUT2D eigenvalue weighted by atomic mass is 9.93. The standard InChI is InChI=1S/C28H34N4O6/c1-16(24(29)34)32(25(35)22-14-17(33)15-31(22)27(37)38-28(2,3)4)23-20-12-7-6-10-18(20)19-11-8-9-13-21(19)30(5)26(23)36/h6-13,16-17,22-23,33H,14-15H2,1-5H3,(H2,29,34)/t16-,17+,22-,23+/m0/s1. The number of primary amides is 1. The minimum Gasteiger partial charge on any atom is -0.444 e. The van der Waals surface area contributed by atoms with E-state index in [9.17, 15) is 24.3 Å². The zero-order valence-electron chi connectivity index (χ0n) is 22.2. The molecule has 0 unspecified atom stereocenters. The number of hydrogen-bond donors (Lipinski definition) is 2. The van der Waals surface area contributed by atoms with Gasteiger partial charge in [-0.1, -0.05) is 42.5 Å². The number of benzene rings is 2. The van der Waals surface area contributed by atoms with E-state index in [0.717, 1.165) is 20.9 Å². The summed E-state index contributed by atoms with van der Waals surface area (Å²) >= 11 is 0. The summed E-state index contributed by atoms with van der Waals surface area (Å²) < 4.78 is 5.48. The summed E-state index contributed by atoms with van der Waals surface area (Å²) in [6.45, 7) is 6.43. The summed E-state index contributed by atoms with van der Waals surface area (Å²) in [5.41, 5.74) is 7.57. The van der Waals surface area contributed by atoms with Gasteiger partial charge in [0.15, 0.2) is 0 Å². The van der Waals surface area contributed by atoms with Gasteiger partial charge in [0.1, 0.15) is 23.7 Å². The molecule has 0 saturated carbocycles. The minimum atomic E-state index is -1.21. The number of fused-ring (bicyclic) bond motifs is 3. The topological polar surface area (TPSA) is 133 Å². The maximum Gasteiger partial charge on any atom is 0.411 e. The van der Waals surface area contributed by atoms with Gasteiger partial charge < -0.3 is 25.4 Å². The van der Waals surface area contributed by atoms with E-state index in [0.29, 0.717) is 11.3 Å². The van der Waals surface area contributed by atoms with Gasteiger partial charge in [-0.3, -0.25) is 19.3 Å². The number of nitrogens with zero attached hydrogens (tertiary/aromatic N) is 3. The molecule has 4 rings (SSSR count). The van der Waals surface area contributed by atoms with Gasteiger partial charge in [-0.2, -0.15) is 0 Å². The van der Waals surface area contributed by atoms with E-state index < -0.39 is 53.6 Å². The van der Waals surface area contributed by atoms with E-state index in [-0.39, 0.29) is 13.0 Å². The molecule has 4 amide bonds. The van der Waals surface area contributed by atoms with Crippen molar-refractivity contribution in [2.24, 2.45) is 5.73 Å². The SMILES string of the molecule is C[C@@H](C(N)=O)N(C(=O)[C@@H]1C[C@@H](O)CN1C(=O)OC(C)(C)C)[C@H]1C(=O)N(C)c2ccccc2-c2ccccc21. The van der Waals surface area contributed by atoms with Crippen LogP contribution in [0.15, 0.2) is 48.5 Å². The number of para-hydroxylation sites is 1. The van der Waals surface area contributed by atoms with E-state index in [1.54, 1.807) is 40.0 Å². The quantitative estimate of drug-likeness (QED) is 0.634. The van der Waals surface area contributed by atoms with Gasteiger partial charge in [0, 0.05) is 19.0 Å². The van der Waals surface area contributed by atoms with Crippen molar-refractivity contribution in [2.75, 3.05) is 18.5 Å². The highest BCUT2D eigenvalue weighted by Crippen LogP contribution is 2.42. The Bertz CT molecular complexity index is 1270. The first-order chi connectivity index (χ1) is 17.8. The summed E-state index contributed by atoms with van der Waals surface area (Å²) in [7, 11) is 1.62. The smallest absolute Gasteiger partial charge is 0.411 e. The molecule has 38 heavy (non-hydrogen) atoms. The van der Waals surface area contributed by atoms with Crippen LogP contribution >= 0.6 is 0 Å². The predicted molar refractivity (Wildman–Crippen MR) is 141 cm³/mol. The van der Waals surface area contributed by atoms with E-state index in [4.69, 9.17) is 10.5 Å². The molecule has 2 aromatic carbocycles. The van der Waals surface area contributed by atoms with Crippen LogP contribution in [0, 0.1) is 0 Å². The van der Waals surface area contributed by atoms with Crippen LogP contribution in [0.25, 0.3) is 11.1 Å². The predicted octanol–water partition coefficient (Wildman–Crippen LogP) is 2.44. The van der Waals surface area contributed by atoms with Crippen LogP contribution in [-0.2, 0) is 19.1 Å². The van der Waals surface area contributed by atoms with Crippen LogP contribution in [0.1, 0.15) is 45.7 Å². The lowest BCUT2D eigenvalue weighted by Gasteiger charge is -2.38. The Morgan fingerprint density at radius 3 is 2.32 bits per heavy atom. The number of anilines is 1. The average Bonchev–Trinajstić information content (AvgIpc) is 3.23. The summed E-state index contributed by atoms with van der Waals surface area (Å²) in [6.07, 6.45) is -1.82. The Morgan fingerprint density at radius 1 is 1.08 bits per heavy atom. The zero-order valence-corrected chi connectivity index (χ0v) is 22.2. The second-order valence-electron chi connectivity index (χ2n) is 10.8. The maximum absolute atomic E-state index is 14.3. The van der Waals surface area contributed by atoms with Crippen molar-refractivity contribution < 1.29 is 29.0 Å². The number of amides is 4. The first-order valence-electron chi connectivity index (χ1n) is 12.6. The van der Waals surface area contributed by atoms with Crippen LogP contribution in [-0.4, -0.2) is 76.1 Å². The number of carbonyl (C=O) groups excluding carboxylic acids is 4. The number of aliphatic hydroxyl groups excluding tert-OH is 1. The molecule has 2 heterocycles. The molecule has 1 saturated heterocycles. The molecule has 0 bridgehead atoms. The number of likely N-dealkylation sites (tertiary alicyclic amines) is 1. The number of β-amino-alcohol motifs (C(OH)–C–C–N with tert-alkyl or cyclic N) is 1. The highest BCUT2D eigenvalue weighted by Gasteiger charge is 2.48. The van der Waals surface area contributed by atoms with Crippen molar-refractivity contribution >= 4 is 29.5 Å². The monoisotopic (exact) mass is 522 g/mol. The number of carbonyl (C=O) groups is 4. The summed E-state index contributed by atoms with van der Waals surface area (Å²) in [5.74, 6) is -1.92. The highest BCUT2D eigenvalue weighted by molar-refractivity contribution is 6.07.